The van der Waals surface area contributed by atoms with Gasteiger partial charge in [0.2, 0.25) is 5.12 Å². The van der Waals surface area contributed by atoms with Gasteiger partial charge in [0, 0.05) is 17.2 Å². The third-order valence-electron chi connectivity index (χ3n) is 5.30. The molecule has 0 saturated carbocycles. The zero-order valence-corrected chi connectivity index (χ0v) is 19.5. The van der Waals surface area contributed by atoms with Crippen LogP contribution in [0.1, 0.15) is 107 Å². The summed E-state index contributed by atoms with van der Waals surface area (Å²) in [6, 6.07) is 8.04. The largest absolute Gasteiger partial charge is 0.469 e. The molecule has 1 atom stereocenters. The van der Waals surface area contributed by atoms with Gasteiger partial charge in [-0.15, -0.1) is 0 Å². The molecule has 0 fully saturated rings. The Labute approximate surface area is 182 Å². The highest BCUT2D eigenvalue weighted by atomic mass is 32.2. The summed E-state index contributed by atoms with van der Waals surface area (Å²) in [7, 11) is 1.39. The maximum Gasteiger partial charge on any atom is 0.305 e. The smallest absolute Gasteiger partial charge is 0.305 e. The Hall–Kier alpha value is -1.29. The number of methoxy groups -OCH3 is 1. The van der Waals surface area contributed by atoms with Crippen molar-refractivity contribution in [1.29, 1.82) is 0 Å². The molecule has 1 rings (SSSR count). The molecule has 164 valence electrons. The Morgan fingerprint density at radius 1 is 0.897 bits per heavy atom. The summed E-state index contributed by atoms with van der Waals surface area (Å²) in [4.78, 5) is 23.6. The van der Waals surface area contributed by atoms with Crippen LogP contribution in [-0.4, -0.2) is 23.4 Å². The van der Waals surface area contributed by atoms with Crippen molar-refractivity contribution in [3.8, 4) is 0 Å². The van der Waals surface area contributed by atoms with E-state index >= 15 is 0 Å². The van der Waals surface area contributed by atoms with Crippen LogP contribution in [0, 0.1) is 0 Å². The summed E-state index contributed by atoms with van der Waals surface area (Å²) in [5.41, 5.74) is 2.05. The minimum atomic E-state index is -0.221. The number of ether oxygens (including phenoxy) is 1. The molecule has 0 bridgehead atoms. The maximum absolute atomic E-state index is 12.4. The van der Waals surface area contributed by atoms with Gasteiger partial charge in [-0.25, -0.2) is 0 Å². The van der Waals surface area contributed by atoms with Gasteiger partial charge < -0.3 is 4.74 Å². The van der Waals surface area contributed by atoms with Gasteiger partial charge in [-0.1, -0.05) is 108 Å². The first kappa shape index (κ1) is 25.7. The van der Waals surface area contributed by atoms with Gasteiger partial charge in [-0.05, 0) is 24.8 Å². The second-order valence-corrected chi connectivity index (χ2v) is 9.37. The minimum Gasteiger partial charge on any atom is -0.469 e. The van der Waals surface area contributed by atoms with Crippen molar-refractivity contribution >= 4 is 22.8 Å². The third-order valence-corrected chi connectivity index (χ3v) is 6.39. The average molecular weight is 421 g/mol. The lowest BCUT2D eigenvalue weighted by Gasteiger charge is -2.09. The number of rotatable bonds is 16. The van der Waals surface area contributed by atoms with Crippen LogP contribution in [0.3, 0.4) is 0 Å². The number of hydrogen-bond acceptors (Lipinski definition) is 4. The van der Waals surface area contributed by atoms with Gasteiger partial charge in [0.25, 0.3) is 0 Å². The number of carbonyl (C=O) groups is 2. The van der Waals surface area contributed by atoms with E-state index in [2.05, 4.69) is 23.8 Å². The van der Waals surface area contributed by atoms with E-state index in [1.165, 1.54) is 88.6 Å². The summed E-state index contributed by atoms with van der Waals surface area (Å²) in [5.74, 6) is -0.221. The Kier molecular flexibility index (Phi) is 14.6. The van der Waals surface area contributed by atoms with E-state index in [-0.39, 0.29) is 16.3 Å². The van der Waals surface area contributed by atoms with Crippen molar-refractivity contribution in [2.45, 2.75) is 103 Å². The molecular formula is C25H40O3S. The highest BCUT2D eigenvalue weighted by Crippen LogP contribution is 2.22. The molecule has 1 unspecified atom stereocenters. The highest BCUT2D eigenvalue weighted by Gasteiger charge is 2.14. The molecule has 1 aromatic rings. The quantitative estimate of drug-likeness (QED) is 0.207. The number of thioether (sulfide) groups is 1. The monoisotopic (exact) mass is 420 g/mol. The molecule has 0 aromatic heterocycles. The maximum atomic E-state index is 12.4. The van der Waals surface area contributed by atoms with Gasteiger partial charge in [0.15, 0.2) is 0 Å². The number of hydrogen-bond donors (Lipinski definition) is 0. The molecule has 0 spiro atoms. The van der Waals surface area contributed by atoms with Gasteiger partial charge >= 0.3 is 5.97 Å². The van der Waals surface area contributed by atoms with Crippen molar-refractivity contribution in [2.75, 3.05) is 7.11 Å². The van der Waals surface area contributed by atoms with E-state index in [1.807, 2.05) is 19.1 Å². The Balaban J connectivity index is 2.16. The van der Waals surface area contributed by atoms with Crippen molar-refractivity contribution in [2.24, 2.45) is 0 Å². The SMILES string of the molecule is CCCCCCCCCCCCc1ccc(C(=O)SC(C)CCC(=O)OC)cc1. The Bertz CT molecular complexity index is 568. The fourth-order valence-electron chi connectivity index (χ4n) is 3.36. The number of benzene rings is 1. The molecular weight excluding hydrogens is 380 g/mol. The van der Waals surface area contributed by atoms with Gasteiger partial charge in [0.05, 0.1) is 7.11 Å². The van der Waals surface area contributed by atoms with Crippen LogP contribution < -0.4 is 0 Å². The van der Waals surface area contributed by atoms with Crippen LogP contribution in [-0.2, 0) is 16.0 Å². The first-order chi connectivity index (χ1) is 14.1. The molecule has 0 radical (unpaired) electrons. The molecule has 1 aromatic carbocycles. The van der Waals surface area contributed by atoms with E-state index < -0.39 is 0 Å². The molecule has 0 amide bonds. The molecule has 3 nitrogen and oxygen atoms in total. The topological polar surface area (TPSA) is 43.4 Å². The predicted molar refractivity (Wildman–Crippen MR) is 125 cm³/mol. The van der Waals surface area contributed by atoms with Crippen LogP contribution in [0.25, 0.3) is 0 Å². The fourth-order valence-corrected chi connectivity index (χ4v) is 4.23. The molecule has 0 heterocycles. The van der Waals surface area contributed by atoms with Crippen molar-refractivity contribution < 1.29 is 14.3 Å². The number of esters is 1. The van der Waals surface area contributed by atoms with E-state index in [0.717, 1.165) is 12.0 Å². The normalized spacial score (nSPS) is 12.0. The molecule has 29 heavy (non-hydrogen) atoms. The number of carbonyl (C=O) groups excluding carboxylic acids is 2. The fraction of sp³-hybridized carbons (Fsp3) is 0.680. The third kappa shape index (κ3) is 12.8. The van der Waals surface area contributed by atoms with E-state index in [0.29, 0.717) is 12.8 Å². The predicted octanol–water partition coefficient (Wildman–Crippen LogP) is 7.37. The summed E-state index contributed by atoms with van der Waals surface area (Å²) < 4.78 is 4.65. The molecule has 0 N–H and O–H groups in total. The first-order valence-electron chi connectivity index (χ1n) is 11.4. The number of unbranched alkanes of at least 4 members (excludes halogenated alkanes) is 9. The van der Waals surface area contributed by atoms with E-state index in [9.17, 15) is 9.59 Å². The van der Waals surface area contributed by atoms with Crippen LogP contribution in [0.15, 0.2) is 24.3 Å². The minimum absolute atomic E-state index is 0.0767. The van der Waals surface area contributed by atoms with E-state index in [1.54, 1.807) is 0 Å². The molecule has 0 aliphatic carbocycles. The van der Waals surface area contributed by atoms with Crippen LogP contribution in [0.2, 0.25) is 0 Å². The van der Waals surface area contributed by atoms with Crippen molar-refractivity contribution in [1.82, 2.24) is 0 Å². The number of aryl methyl sites for hydroxylation is 1. The average Bonchev–Trinajstić information content (AvgIpc) is 2.73. The van der Waals surface area contributed by atoms with Crippen molar-refractivity contribution in [3.63, 3.8) is 0 Å². The molecule has 4 heteroatoms. The molecule has 0 aliphatic heterocycles. The zero-order chi connectivity index (χ0) is 21.3. The highest BCUT2D eigenvalue weighted by molar-refractivity contribution is 8.14. The molecule has 0 aliphatic rings. The second kappa shape index (κ2) is 16.5. The Morgan fingerprint density at radius 3 is 2.00 bits per heavy atom. The van der Waals surface area contributed by atoms with Gasteiger partial charge in [-0.3, -0.25) is 9.59 Å². The van der Waals surface area contributed by atoms with Crippen LogP contribution in [0.4, 0.5) is 0 Å². The summed E-state index contributed by atoms with van der Waals surface area (Å²) in [6.45, 7) is 4.24. The van der Waals surface area contributed by atoms with Crippen LogP contribution in [0.5, 0.6) is 0 Å². The van der Waals surface area contributed by atoms with Gasteiger partial charge in [-0.2, -0.15) is 0 Å². The second-order valence-electron chi connectivity index (χ2n) is 7.96. The van der Waals surface area contributed by atoms with Crippen LogP contribution >= 0.6 is 11.8 Å². The lowest BCUT2D eigenvalue weighted by Crippen LogP contribution is -2.07. The van der Waals surface area contributed by atoms with Crippen molar-refractivity contribution in [3.05, 3.63) is 35.4 Å². The first-order valence-corrected chi connectivity index (χ1v) is 12.3. The van der Waals surface area contributed by atoms with E-state index in [4.69, 9.17) is 0 Å². The summed E-state index contributed by atoms with van der Waals surface area (Å²) in [6.07, 6.45) is 15.6. The summed E-state index contributed by atoms with van der Waals surface area (Å²) in [5, 5.41) is 0.181. The van der Waals surface area contributed by atoms with Gasteiger partial charge in [0.1, 0.15) is 0 Å². The Morgan fingerprint density at radius 2 is 1.45 bits per heavy atom. The zero-order valence-electron chi connectivity index (χ0n) is 18.7. The lowest BCUT2D eigenvalue weighted by molar-refractivity contribution is -0.140. The standard InChI is InChI=1S/C25H40O3S/c1-4-5-6-7-8-9-10-11-12-13-14-22-16-18-23(19-17-22)25(27)29-21(2)15-20-24(26)28-3/h16-19,21H,4-15,20H2,1-3H3. The lowest BCUT2D eigenvalue weighted by atomic mass is 10.0. The summed E-state index contributed by atoms with van der Waals surface area (Å²) >= 11 is 1.30. The molecule has 0 saturated heterocycles.